The third-order valence-electron chi connectivity index (χ3n) is 4.46. The van der Waals surface area contributed by atoms with E-state index in [0.29, 0.717) is 5.56 Å². The molecule has 4 rings (SSSR count). The topological polar surface area (TPSA) is 75.1 Å². The van der Waals surface area contributed by atoms with Crippen molar-refractivity contribution in [2.24, 2.45) is 5.10 Å². The molecule has 0 aliphatic heterocycles. The van der Waals surface area contributed by atoms with Crippen molar-refractivity contribution >= 4 is 23.0 Å². The first-order chi connectivity index (χ1) is 13.8. The van der Waals surface area contributed by atoms with Crippen LogP contribution in [-0.2, 0) is 6.54 Å². The molecule has 0 aliphatic rings. The monoisotopic (exact) mass is 367 g/mol. The van der Waals surface area contributed by atoms with Crippen LogP contribution in [0.3, 0.4) is 0 Å². The Morgan fingerprint density at radius 3 is 2.64 bits per heavy atom. The highest BCUT2D eigenvalue weighted by atomic mass is 16.2. The van der Waals surface area contributed by atoms with E-state index in [4.69, 9.17) is 5.26 Å². The maximum atomic E-state index is 12.6. The summed E-state index contributed by atoms with van der Waals surface area (Å²) >= 11 is 0. The van der Waals surface area contributed by atoms with Crippen LogP contribution in [-0.4, -0.2) is 21.3 Å². The number of carbonyl (C=O) groups is 1. The van der Waals surface area contributed by atoms with Crippen molar-refractivity contribution in [1.29, 1.82) is 5.26 Å². The van der Waals surface area contributed by atoms with E-state index in [2.05, 4.69) is 16.6 Å². The number of hydrogen-bond donors (Lipinski definition) is 1. The molecule has 0 atom stereocenters. The highest BCUT2D eigenvalue weighted by Gasteiger charge is 2.11. The van der Waals surface area contributed by atoms with Gasteiger partial charge in [0.15, 0.2) is 0 Å². The summed E-state index contributed by atoms with van der Waals surface area (Å²) in [5.41, 5.74) is 5.70. The molecule has 2 heterocycles. The van der Waals surface area contributed by atoms with Crippen LogP contribution in [0.25, 0.3) is 16.6 Å². The maximum absolute atomic E-state index is 12.6. The summed E-state index contributed by atoms with van der Waals surface area (Å²) in [7, 11) is 0. The lowest BCUT2D eigenvalue weighted by Crippen LogP contribution is -2.19. The minimum atomic E-state index is -0.290. The van der Waals surface area contributed by atoms with Crippen LogP contribution in [0.4, 0.5) is 0 Å². The van der Waals surface area contributed by atoms with Crippen LogP contribution >= 0.6 is 0 Å². The average molecular weight is 367 g/mol. The van der Waals surface area contributed by atoms with Gasteiger partial charge in [-0.3, -0.25) is 4.79 Å². The number of hydrazone groups is 1. The molecule has 6 heteroatoms. The normalized spacial score (nSPS) is 11.0. The van der Waals surface area contributed by atoms with E-state index < -0.39 is 0 Å². The molecule has 0 unspecified atom stereocenters. The number of nitriles is 1. The second-order valence-electron chi connectivity index (χ2n) is 6.19. The predicted molar refractivity (Wildman–Crippen MR) is 108 cm³/mol. The minimum absolute atomic E-state index is 0.255. The van der Waals surface area contributed by atoms with Crippen LogP contribution < -0.4 is 5.43 Å². The molecule has 0 spiro atoms. The summed E-state index contributed by atoms with van der Waals surface area (Å²) in [6, 6.07) is 21.1. The number of nitrogens with one attached hydrogen (secondary N) is 1. The van der Waals surface area contributed by atoms with Gasteiger partial charge in [0, 0.05) is 35.1 Å². The zero-order valence-electron chi connectivity index (χ0n) is 15.0. The minimum Gasteiger partial charge on any atom is -0.333 e. The lowest BCUT2D eigenvalue weighted by molar-refractivity contribution is 0.0955. The standard InChI is InChI=1S/C22H17N5O/c23-11-14-27-16-17(18-7-1-3-9-20(18)27)15-24-25-22(28)19-8-2-4-10-21(19)26-12-5-6-13-26/h1-10,12-13,15-16H,14H2,(H,25,28). The fourth-order valence-corrected chi connectivity index (χ4v) is 3.19. The van der Waals surface area contributed by atoms with Gasteiger partial charge in [0.1, 0.15) is 6.54 Å². The highest BCUT2D eigenvalue weighted by Crippen LogP contribution is 2.20. The molecular formula is C22H17N5O. The van der Waals surface area contributed by atoms with Gasteiger partial charge in [-0.05, 0) is 30.3 Å². The van der Waals surface area contributed by atoms with Crippen LogP contribution in [0.5, 0.6) is 0 Å². The number of fused-ring (bicyclic) bond motifs is 1. The van der Waals surface area contributed by atoms with E-state index in [1.165, 1.54) is 0 Å². The lowest BCUT2D eigenvalue weighted by Gasteiger charge is -2.08. The third-order valence-corrected chi connectivity index (χ3v) is 4.46. The highest BCUT2D eigenvalue weighted by molar-refractivity contribution is 6.01. The zero-order valence-corrected chi connectivity index (χ0v) is 15.0. The van der Waals surface area contributed by atoms with Crippen molar-refractivity contribution < 1.29 is 4.79 Å². The van der Waals surface area contributed by atoms with Crippen molar-refractivity contribution in [3.05, 3.63) is 90.4 Å². The van der Waals surface area contributed by atoms with Crippen molar-refractivity contribution in [3.63, 3.8) is 0 Å². The second-order valence-corrected chi connectivity index (χ2v) is 6.19. The summed E-state index contributed by atoms with van der Waals surface area (Å²) in [5.74, 6) is -0.290. The van der Waals surface area contributed by atoms with Gasteiger partial charge in [0.25, 0.3) is 5.91 Å². The quantitative estimate of drug-likeness (QED) is 0.431. The molecule has 1 amide bonds. The van der Waals surface area contributed by atoms with E-state index in [0.717, 1.165) is 22.2 Å². The SMILES string of the molecule is N#CCn1cc(C=NNC(=O)c2ccccc2-n2cccc2)c2ccccc21. The Morgan fingerprint density at radius 1 is 1.07 bits per heavy atom. The predicted octanol–water partition coefficient (Wildman–Crippen LogP) is 3.72. The maximum Gasteiger partial charge on any atom is 0.273 e. The Bertz CT molecular complexity index is 1200. The van der Waals surface area contributed by atoms with Gasteiger partial charge in [-0.1, -0.05) is 30.3 Å². The molecule has 0 fully saturated rings. The largest absolute Gasteiger partial charge is 0.333 e. The van der Waals surface area contributed by atoms with Crippen molar-refractivity contribution in [2.45, 2.75) is 6.54 Å². The van der Waals surface area contributed by atoms with Crippen molar-refractivity contribution in [2.75, 3.05) is 0 Å². The molecule has 0 bridgehead atoms. The molecule has 2 aromatic carbocycles. The van der Waals surface area contributed by atoms with E-state index in [-0.39, 0.29) is 12.5 Å². The number of hydrogen-bond acceptors (Lipinski definition) is 3. The number of rotatable bonds is 5. The van der Waals surface area contributed by atoms with E-state index >= 15 is 0 Å². The summed E-state index contributed by atoms with van der Waals surface area (Å²) in [6.45, 7) is 0.255. The van der Waals surface area contributed by atoms with Gasteiger partial charge >= 0.3 is 0 Å². The number of carbonyl (C=O) groups excluding carboxylic acids is 1. The summed E-state index contributed by atoms with van der Waals surface area (Å²) in [6.07, 6.45) is 7.24. The summed E-state index contributed by atoms with van der Waals surface area (Å²) in [4.78, 5) is 12.6. The Morgan fingerprint density at radius 2 is 1.82 bits per heavy atom. The first kappa shape index (κ1) is 17.3. The molecule has 2 aromatic heterocycles. The number of aromatic nitrogens is 2. The first-order valence-corrected chi connectivity index (χ1v) is 8.78. The number of benzene rings is 2. The summed E-state index contributed by atoms with van der Waals surface area (Å²) < 4.78 is 3.74. The van der Waals surface area contributed by atoms with E-state index in [1.807, 2.05) is 82.3 Å². The fourth-order valence-electron chi connectivity index (χ4n) is 3.19. The number of para-hydroxylation sites is 2. The second kappa shape index (κ2) is 7.64. The van der Waals surface area contributed by atoms with Crippen LogP contribution in [0.2, 0.25) is 0 Å². The van der Waals surface area contributed by atoms with Gasteiger partial charge in [-0.2, -0.15) is 10.4 Å². The molecule has 136 valence electrons. The van der Waals surface area contributed by atoms with Gasteiger partial charge in [-0.15, -0.1) is 0 Å². The molecule has 1 N–H and O–H groups in total. The molecule has 6 nitrogen and oxygen atoms in total. The van der Waals surface area contributed by atoms with E-state index in [9.17, 15) is 4.79 Å². The summed E-state index contributed by atoms with van der Waals surface area (Å²) in [5, 5.41) is 14.1. The van der Waals surface area contributed by atoms with Gasteiger partial charge in [0.05, 0.1) is 23.5 Å². The molecule has 28 heavy (non-hydrogen) atoms. The van der Waals surface area contributed by atoms with Crippen molar-refractivity contribution in [1.82, 2.24) is 14.6 Å². The Kier molecular flexibility index (Phi) is 4.72. The van der Waals surface area contributed by atoms with Crippen LogP contribution in [0.15, 0.2) is 84.4 Å². The van der Waals surface area contributed by atoms with Crippen LogP contribution in [0, 0.1) is 11.3 Å². The molecule has 0 saturated heterocycles. The Balaban J connectivity index is 1.58. The molecule has 0 aliphatic carbocycles. The smallest absolute Gasteiger partial charge is 0.273 e. The van der Waals surface area contributed by atoms with E-state index in [1.54, 1.807) is 12.3 Å². The van der Waals surface area contributed by atoms with Gasteiger partial charge in [-0.25, -0.2) is 5.43 Å². The van der Waals surface area contributed by atoms with Gasteiger partial charge in [0.2, 0.25) is 0 Å². The number of nitrogens with zero attached hydrogens (tertiary/aromatic N) is 4. The molecular weight excluding hydrogens is 350 g/mol. The lowest BCUT2D eigenvalue weighted by atomic mass is 10.1. The van der Waals surface area contributed by atoms with Gasteiger partial charge < -0.3 is 9.13 Å². The molecule has 4 aromatic rings. The molecule has 0 saturated carbocycles. The zero-order chi connectivity index (χ0) is 19.3. The Labute approximate surface area is 161 Å². The first-order valence-electron chi connectivity index (χ1n) is 8.78. The fraction of sp³-hybridized carbons (Fsp3) is 0.0455. The van der Waals surface area contributed by atoms with Crippen LogP contribution in [0.1, 0.15) is 15.9 Å². The Hall–Kier alpha value is -4.11. The number of amides is 1. The molecule has 0 radical (unpaired) electrons. The average Bonchev–Trinajstić information content (AvgIpc) is 3.38. The van der Waals surface area contributed by atoms with Crippen molar-refractivity contribution in [3.8, 4) is 11.8 Å². The third kappa shape index (κ3) is 3.29.